The van der Waals surface area contributed by atoms with E-state index in [9.17, 15) is 5.11 Å². The van der Waals surface area contributed by atoms with Crippen LogP contribution in [0, 0.1) is 11.3 Å². The molecule has 0 fully saturated rings. The van der Waals surface area contributed by atoms with Crippen LogP contribution in [-0.4, -0.2) is 10.2 Å². The molecule has 12 heavy (non-hydrogen) atoms. The zero-order valence-electron chi connectivity index (χ0n) is 6.49. The Hall–Kier alpha value is -1.69. The highest BCUT2D eigenvalue weighted by molar-refractivity contribution is 5.39. The third-order valence-electron chi connectivity index (χ3n) is 1.58. The lowest BCUT2D eigenvalue weighted by Crippen LogP contribution is -1.83. The Morgan fingerprint density at radius 3 is 2.67 bits per heavy atom. The van der Waals surface area contributed by atoms with E-state index in [-0.39, 0.29) is 11.5 Å². The van der Waals surface area contributed by atoms with Gasteiger partial charge in [-0.2, -0.15) is 5.26 Å². The number of phenols is 2. The van der Waals surface area contributed by atoms with Crippen LogP contribution in [0.15, 0.2) is 18.2 Å². The van der Waals surface area contributed by atoms with Crippen molar-refractivity contribution in [3.63, 3.8) is 0 Å². The van der Waals surface area contributed by atoms with E-state index in [1.807, 2.05) is 6.07 Å². The first-order valence-electron chi connectivity index (χ1n) is 3.62. The van der Waals surface area contributed by atoms with Crippen molar-refractivity contribution in [3.05, 3.63) is 23.8 Å². The molecule has 0 radical (unpaired) electrons. The van der Waals surface area contributed by atoms with E-state index in [1.54, 1.807) is 6.07 Å². The lowest BCUT2D eigenvalue weighted by Gasteiger charge is -2.01. The van der Waals surface area contributed by atoms with Crippen molar-refractivity contribution in [3.8, 4) is 17.6 Å². The van der Waals surface area contributed by atoms with Gasteiger partial charge in [0.15, 0.2) is 0 Å². The van der Waals surface area contributed by atoms with Gasteiger partial charge < -0.3 is 10.2 Å². The molecule has 62 valence electrons. The van der Waals surface area contributed by atoms with Crippen LogP contribution in [0.25, 0.3) is 0 Å². The maximum absolute atomic E-state index is 9.25. The number of nitrogens with zero attached hydrogens (tertiary/aromatic N) is 1. The summed E-state index contributed by atoms with van der Waals surface area (Å²) in [4.78, 5) is 0. The van der Waals surface area contributed by atoms with Gasteiger partial charge in [0.2, 0.25) is 0 Å². The van der Waals surface area contributed by atoms with E-state index in [0.29, 0.717) is 18.4 Å². The molecule has 0 spiro atoms. The number of benzene rings is 1. The molecule has 0 heterocycles. The highest BCUT2D eigenvalue weighted by Gasteiger charge is 2.00. The number of hydrogen-bond donors (Lipinski definition) is 2. The second-order valence-electron chi connectivity index (χ2n) is 2.47. The molecule has 0 aromatic heterocycles. The first-order chi connectivity index (χ1) is 5.74. The molecular formula is C9H9NO2. The van der Waals surface area contributed by atoms with Crippen molar-refractivity contribution in [2.45, 2.75) is 12.8 Å². The van der Waals surface area contributed by atoms with Gasteiger partial charge in [-0.3, -0.25) is 0 Å². The van der Waals surface area contributed by atoms with Crippen molar-refractivity contribution >= 4 is 0 Å². The Bertz CT molecular complexity index is 315. The molecule has 1 aromatic rings. The molecule has 0 saturated carbocycles. The predicted octanol–water partition coefficient (Wildman–Crippen LogP) is 1.55. The molecule has 3 nitrogen and oxygen atoms in total. The monoisotopic (exact) mass is 163 g/mol. The minimum atomic E-state index is 0.0354. The van der Waals surface area contributed by atoms with Crippen LogP contribution in [0.5, 0.6) is 11.5 Å². The summed E-state index contributed by atoms with van der Waals surface area (Å²) in [6.45, 7) is 0. The van der Waals surface area contributed by atoms with E-state index in [1.165, 1.54) is 12.1 Å². The van der Waals surface area contributed by atoms with E-state index in [2.05, 4.69) is 0 Å². The third-order valence-corrected chi connectivity index (χ3v) is 1.58. The molecular weight excluding hydrogens is 154 g/mol. The number of hydrogen-bond acceptors (Lipinski definition) is 3. The number of nitriles is 1. The third kappa shape index (κ3) is 1.89. The molecule has 0 unspecified atom stereocenters. The number of rotatable bonds is 2. The van der Waals surface area contributed by atoms with Gasteiger partial charge in [-0.1, -0.05) is 6.07 Å². The van der Waals surface area contributed by atoms with Gasteiger partial charge in [-0.05, 0) is 18.1 Å². The van der Waals surface area contributed by atoms with Gasteiger partial charge in [0.05, 0.1) is 6.07 Å². The van der Waals surface area contributed by atoms with Gasteiger partial charge in [0.25, 0.3) is 0 Å². The Morgan fingerprint density at radius 1 is 1.33 bits per heavy atom. The fourth-order valence-corrected chi connectivity index (χ4v) is 0.954. The Balaban J connectivity index is 2.81. The van der Waals surface area contributed by atoms with Crippen LogP contribution in [0.2, 0.25) is 0 Å². The second-order valence-corrected chi connectivity index (χ2v) is 2.47. The van der Waals surface area contributed by atoms with Gasteiger partial charge in [0.1, 0.15) is 11.5 Å². The SMILES string of the molecule is N#CCCc1ccc(O)cc1O. The Morgan fingerprint density at radius 2 is 2.08 bits per heavy atom. The van der Waals surface area contributed by atoms with Crippen molar-refractivity contribution in [1.29, 1.82) is 5.26 Å². The predicted molar refractivity (Wildman–Crippen MR) is 43.7 cm³/mol. The first-order valence-corrected chi connectivity index (χ1v) is 3.62. The van der Waals surface area contributed by atoms with Crippen LogP contribution in [-0.2, 0) is 6.42 Å². The molecule has 0 atom stereocenters. The molecule has 0 bridgehead atoms. The molecule has 2 N–H and O–H groups in total. The van der Waals surface area contributed by atoms with Crippen LogP contribution in [0.3, 0.4) is 0 Å². The minimum Gasteiger partial charge on any atom is -0.508 e. The molecule has 1 rings (SSSR count). The van der Waals surface area contributed by atoms with E-state index in [0.717, 1.165) is 0 Å². The van der Waals surface area contributed by atoms with E-state index >= 15 is 0 Å². The summed E-state index contributed by atoms with van der Waals surface area (Å²) in [5, 5.41) is 26.5. The van der Waals surface area contributed by atoms with Crippen molar-refractivity contribution < 1.29 is 10.2 Å². The average molecular weight is 163 g/mol. The van der Waals surface area contributed by atoms with Gasteiger partial charge in [-0.25, -0.2) is 0 Å². The second kappa shape index (κ2) is 3.63. The fraction of sp³-hybridized carbons (Fsp3) is 0.222. The van der Waals surface area contributed by atoms with Gasteiger partial charge in [-0.15, -0.1) is 0 Å². The maximum atomic E-state index is 9.25. The summed E-state index contributed by atoms with van der Waals surface area (Å²) in [6.07, 6.45) is 0.890. The van der Waals surface area contributed by atoms with E-state index in [4.69, 9.17) is 10.4 Å². The summed E-state index contributed by atoms with van der Waals surface area (Å²) in [7, 11) is 0. The Labute approximate surface area is 70.5 Å². The van der Waals surface area contributed by atoms with Gasteiger partial charge in [0, 0.05) is 12.5 Å². The maximum Gasteiger partial charge on any atom is 0.122 e. The van der Waals surface area contributed by atoms with Crippen LogP contribution in [0.1, 0.15) is 12.0 Å². The topological polar surface area (TPSA) is 64.2 Å². The molecule has 0 aliphatic heterocycles. The summed E-state index contributed by atoms with van der Waals surface area (Å²) < 4.78 is 0. The van der Waals surface area contributed by atoms with Crippen LogP contribution in [0.4, 0.5) is 0 Å². The number of aryl methyl sites for hydroxylation is 1. The normalized spacial score (nSPS) is 9.25. The highest BCUT2D eigenvalue weighted by atomic mass is 16.3. The molecule has 0 aliphatic carbocycles. The number of aromatic hydroxyl groups is 2. The smallest absolute Gasteiger partial charge is 0.122 e. The first kappa shape index (κ1) is 8.41. The van der Waals surface area contributed by atoms with Crippen molar-refractivity contribution in [2.75, 3.05) is 0 Å². The number of phenolic OH excluding ortho intramolecular Hbond substituents is 2. The quantitative estimate of drug-likeness (QED) is 0.695. The summed E-state index contributed by atoms with van der Waals surface area (Å²) in [5.41, 5.74) is 0.689. The average Bonchev–Trinajstić information content (AvgIpc) is 2.03. The van der Waals surface area contributed by atoms with Crippen molar-refractivity contribution in [1.82, 2.24) is 0 Å². The standard InChI is InChI=1S/C9H9NO2/c10-5-1-2-7-3-4-8(11)6-9(7)12/h3-4,6,11-12H,1-2H2. The Kier molecular flexibility index (Phi) is 2.54. The molecule has 3 heteroatoms. The summed E-state index contributed by atoms with van der Waals surface area (Å²) in [5.74, 6) is 0.0819. The molecule has 1 aromatic carbocycles. The minimum absolute atomic E-state index is 0.0354. The van der Waals surface area contributed by atoms with Crippen molar-refractivity contribution in [2.24, 2.45) is 0 Å². The molecule has 0 saturated heterocycles. The molecule has 0 aliphatic rings. The van der Waals surface area contributed by atoms with Gasteiger partial charge >= 0.3 is 0 Å². The highest BCUT2D eigenvalue weighted by Crippen LogP contribution is 2.23. The molecule has 0 amide bonds. The lowest BCUT2D eigenvalue weighted by atomic mass is 10.1. The largest absolute Gasteiger partial charge is 0.508 e. The zero-order chi connectivity index (χ0) is 8.97. The summed E-state index contributed by atoms with van der Waals surface area (Å²) >= 11 is 0. The van der Waals surface area contributed by atoms with Crippen LogP contribution >= 0.6 is 0 Å². The van der Waals surface area contributed by atoms with Crippen LogP contribution < -0.4 is 0 Å². The summed E-state index contributed by atoms with van der Waals surface area (Å²) in [6, 6.07) is 6.36. The lowest BCUT2D eigenvalue weighted by molar-refractivity contribution is 0.446. The zero-order valence-corrected chi connectivity index (χ0v) is 6.49. The van der Waals surface area contributed by atoms with E-state index < -0.39 is 0 Å². The fourth-order valence-electron chi connectivity index (χ4n) is 0.954.